The Morgan fingerprint density at radius 3 is 2.91 bits per heavy atom. The highest BCUT2D eigenvalue weighted by Gasteiger charge is 2.28. The van der Waals surface area contributed by atoms with Gasteiger partial charge >= 0.3 is 0 Å². The van der Waals surface area contributed by atoms with E-state index >= 15 is 0 Å². The minimum Gasteiger partial charge on any atom is -0.387 e. The summed E-state index contributed by atoms with van der Waals surface area (Å²) in [7, 11) is 0. The van der Waals surface area contributed by atoms with Gasteiger partial charge in [0.1, 0.15) is 17.5 Å². The van der Waals surface area contributed by atoms with E-state index in [0.29, 0.717) is 11.6 Å². The molecule has 3 aromatic heterocycles. The van der Waals surface area contributed by atoms with Crippen LogP contribution in [0.5, 0.6) is 0 Å². The Morgan fingerprint density at radius 2 is 2.17 bits per heavy atom. The van der Waals surface area contributed by atoms with Crippen LogP contribution in [0.3, 0.4) is 0 Å². The largest absolute Gasteiger partial charge is 0.387 e. The van der Waals surface area contributed by atoms with Crippen LogP contribution in [0.4, 0.5) is 5.82 Å². The number of aliphatic hydroxyl groups is 1. The van der Waals surface area contributed by atoms with Crippen LogP contribution in [0.2, 0.25) is 0 Å². The van der Waals surface area contributed by atoms with Gasteiger partial charge < -0.3 is 14.5 Å². The highest BCUT2D eigenvalue weighted by molar-refractivity contribution is 7.10. The zero-order chi connectivity index (χ0) is 15.8. The molecule has 7 heteroatoms. The molecule has 6 nitrogen and oxygen atoms in total. The Morgan fingerprint density at radius 1 is 1.35 bits per heavy atom. The normalized spacial score (nSPS) is 17.7. The van der Waals surface area contributed by atoms with Crippen LogP contribution in [0.1, 0.15) is 29.5 Å². The molecule has 23 heavy (non-hydrogen) atoms. The van der Waals surface area contributed by atoms with E-state index in [-0.39, 0.29) is 6.10 Å². The number of fused-ring (bicyclic) bond motifs is 1. The van der Waals surface area contributed by atoms with Crippen molar-refractivity contribution in [3.05, 3.63) is 34.4 Å². The molecular weight excluding hydrogens is 312 g/mol. The Kier molecular flexibility index (Phi) is 3.74. The molecule has 1 saturated heterocycles. The van der Waals surface area contributed by atoms with Gasteiger partial charge in [-0.05, 0) is 37.1 Å². The van der Waals surface area contributed by atoms with Crippen molar-refractivity contribution in [2.24, 2.45) is 5.92 Å². The molecule has 4 heterocycles. The predicted octanol–water partition coefficient (Wildman–Crippen LogP) is 2.94. The van der Waals surface area contributed by atoms with Gasteiger partial charge in [-0.2, -0.15) is 4.98 Å². The summed E-state index contributed by atoms with van der Waals surface area (Å²) in [4.78, 5) is 11.9. The van der Waals surface area contributed by atoms with Crippen molar-refractivity contribution in [3.8, 4) is 0 Å². The van der Waals surface area contributed by atoms with Gasteiger partial charge in [0, 0.05) is 18.0 Å². The summed E-state index contributed by atoms with van der Waals surface area (Å²) < 4.78 is 5.22. The van der Waals surface area contributed by atoms with E-state index in [9.17, 15) is 5.11 Å². The molecule has 0 radical (unpaired) electrons. The number of thiophene rings is 1. The van der Waals surface area contributed by atoms with Crippen LogP contribution in [0, 0.1) is 12.8 Å². The quantitative estimate of drug-likeness (QED) is 0.796. The molecule has 4 rings (SSSR count). The molecule has 3 aromatic rings. The van der Waals surface area contributed by atoms with E-state index in [4.69, 9.17) is 4.52 Å². The minimum absolute atomic E-state index is 0.297. The van der Waals surface area contributed by atoms with Gasteiger partial charge in [-0.1, -0.05) is 11.2 Å². The molecule has 0 aromatic carbocycles. The number of hydrogen-bond donors (Lipinski definition) is 1. The number of aromatic nitrogens is 3. The van der Waals surface area contributed by atoms with Gasteiger partial charge in [-0.25, -0.2) is 4.98 Å². The van der Waals surface area contributed by atoms with Crippen LogP contribution in [0.15, 0.2) is 28.4 Å². The Hall–Kier alpha value is -1.99. The van der Waals surface area contributed by atoms with Crippen molar-refractivity contribution in [1.29, 1.82) is 0 Å². The first kappa shape index (κ1) is 14.6. The van der Waals surface area contributed by atoms with Crippen molar-refractivity contribution in [2.75, 3.05) is 18.0 Å². The zero-order valence-electron chi connectivity index (χ0n) is 12.8. The molecule has 0 aliphatic carbocycles. The van der Waals surface area contributed by atoms with Crippen molar-refractivity contribution in [3.63, 3.8) is 0 Å². The average Bonchev–Trinajstić information content (AvgIpc) is 3.25. The van der Waals surface area contributed by atoms with Gasteiger partial charge in [-0.15, -0.1) is 11.3 Å². The molecule has 120 valence electrons. The van der Waals surface area contributed by atoms with E-state index in [2.05, 4.69) is 20.0 Å². The van der Waals surface area contributed by atoms with Gasteiger partial charge in [0.05, 0.1) is 11.8 Å². The lowest BCUT2D eigenvalue weighted by atomic mass is 9.90. The van der Waals surface area contributed by atoms with Crippen LogP contribution in [-0.2, 0) is 0 Å². The summed E-state index contributed by atoms with van der Waals surface area (Å²) in [6, 6.07) is 4.00. The maximum Gasteiger partial charge on any atom is 0.263 e. The van der Waals surface area contributed by atoms with Crippen LogP contribution < -0.4 is 4.90 Å². The smallest absolute Gasteiger partial charge is 0.263 e. The van der Waals surface area contributed by atoms with Gasteiger partial charge in [0.25, 0.3) is 5.71 Å². The lowest BCUT2D eigenvalue weighted by Crippen LogP contribution is -2.36. The third-order valence-electron chi connectivity index (χ3n) is 4.54. The number of anilines is 1. The average molecular weight is 330 g/mol. The maximum atomic E-state index is 10.5. The molecule has 1 N–H and O–H groups in total. The topological polar surface area (TPSA) is 75.3 Å². The highest BCUT2D eigenvalue weighted by atomic mass is 32.1. The third-order valence-corrected chi connectivity index (χ3v) is 5.49. The van der Waals surface area contributed by atoms with Crippen LogP contribution in [0.25, 0.3) is 11.1 Å². The second-order valence-corrected chi connectivity index (χ2v) is 6.91. The number of nitrogens with zero attached hydrogens (tertiary/aromatic N) is 4. The van der Waals surface area contributed by atoms with Crippen LogP contribution in [-0.4, -0.2) is 33.3 Å². The fraction of sp³-hybridized carbons (Fsp3) is 0.438. The molecule has 1 aliphatic rings. The summed E-state index contributed by atoms with van der Waals surface area (Å²) in [5.74, 6) is 1.18. The first-order valence-electron chi connectivity index (χ1n) is 7.77. The zero-order valence-corrected chi connectivity index (χ0v) is 13.7. The number of hydrogen-bond acceptors (Lipinski definition) is 7. The Labute approximate surface area is 137 Å². The highest BCUT2D eigenvalue weighted by Crippen LogP contribution is 2.35. The molecule has 1 aliphatic heterocycles. The summed E-state index contributed by atoms with van der Waals surface area (Å²) >= 11 is 1.62. The summed E-state index contributed by atoms with van der Waals surface area (Å²) in [6.45, 7) is 3.64. The first-order chi connectivity index (χ1) is 11.2. The van der Waals surface area contributed by atoms with Crippen molar-refractivity contribution in [1.82, 2.24) is 15.1 Å². The van der Waals surface area contributed by atoms with E-state index in [1.54, 1.807) is 11.3 Å². The molecule has 1 fully saturated rings. The number of piperidine rings is 1. The van der Waals surface area contributed by atoms with Crippen molar-refractivity contribution < 1.29 is 9.63 Å². The monoisotopic (exact) mass is 330 g/mol. The van der Waals surface area contributed by atoms with Crippen molar-refractivity contribution >= 4 is 28.3 Å². The Bertz CT molecular complexity index is 794. The Balaban J connectivity index is 1.52. The molecule has 0 bridgehead atoms. The SMILES string of the molecule is Cc1noc2ncnc(N3CCC([C@H](O)c4cccs4)CC3)c12. The number of rotatable bonds is 3. The fourth-order valence-corrected chi connectivity index (χ4v) is 4.07. The number of aryl methyl sites for hydroxylation is 1. The van der Waals surface area contributed by atoms with Gasteiger partial charge in [0.2, 0.25) is 0 Å². The van der Waals surface area contributed by atoms with E-state index in [0.717, 1.165) is 47.7 Å². The molecule has 0 saturated carbocycles. The maximum absolute atomic E-state index is 10.5. The third kappa shape index (κ3) is 2.60. The number of aliphatic hydroxyl groups excluding tert-OH is 1. The summed E-state index contributed by atoms with van der Waals surface area (Å²) in [6.07, 6.45) is 3.04. The van der Waals surface area contributed by atoms with E-state index in [1.165, 1.54) is 6.33 Å². The molecule has 1 atom stereocenters. The second kappa shape index (κ2) is 5.90. The fourth-order valence-electron chi connectivity index (χ4n) is 3.26. The van der Waals surface area contributed by atoms with E-state index < -0.39 is 0 Å². The molecule has 0 spiro atoms. The lowest BCUT2D eigenvalue weighted by molar-refractivity contribution is 0.0961. The van der Waals surface area contributed by atoms with Crippen molar-refractivity contribution in [2.45, 2.75) is 25.9 Å². The first-order valence-corrected chi connectivity index (χ1v) is 8.65. The second-order valence-electron chi connectivity index (χ2n) is 5.93. The van der Waals surface area contributed by atoms with Gasteiger partial charge in [0.15, 0.2) is 0 Å². The summed E-state index contributed by atoms with van der Waals surface area (Å²) in [5.41, 5.74) is 1.35. The predicted molar refractivity (Wildman–Crippen MR) is 88.6 cm³/mol. The van der Waals surface area contributed by atoms with Crippen LogP contribution >= 0.6 is 11.3 Å². The molecule has 0 unspecified atom stereocenters. The lowest BCUT2D eigenvalue weighted by Gasteiger charge is -2.34. The minimum atomic E-state index is -0.361. The molecular formula is C16H18N4O2S. The molecule has 0 amide bonds. The summed E-state index contributed by atoms with van der Waals surface area (Å²) in [5, 5.41) is 17.4. The van der Waals surface area contributed by atoms with E-state index in [1.807, 2.05) is 24.4 Å². The van der Waals surface area contributed by atoms with Gasteiger partial charge in [-0.3, -0.25) is 0 Å². The standard InChI is InChI=1S/C16H18N4O2S/c1-10-13-15(17-9-18-16(13)22-19-10)20-6-4-11(5-7-20)14(21)12-3-2-8-23-12/h2-3,8-9,11,14,21H,4-7H2,1H3/t14-/m0/s1.